The molecule has 0 heterocycles. The van der Waals surface area contributed by atoms with Gasteiger partial charge in [0.25, 0.3) is 0 Å². The molecule has 2 aromatic carbocycles. The molecule has 0 aliphatic carbocycles. The monoisotopic (exact) mass is 609 g/mol. The molecule has 0 fully saturated rings. The summed E-state index contributed by atoms with van der Waals surface area (Å²) in [6, 6.07) is -2.71. The number of rotatable bonds is 20. The second kappa shape index (κ2) is 19.0. The summed E-state index contributed by atoms with van der Waals surface area (Å²) < 4.78 is 123. The van der Waals surface area contributed by atoms with Gasteiger partial charge in [-0.1, -0.05) is 60.5 Å². The molecule has 0 aliphatic rings. The second-order valence-corrected chi connectivity index (χ2v) is 9.06. The van der Waals surface area contributed by atoms with Crippen molar-refractivity contribution in [2.45, 2.75) is 69.3 Å². The Bertz CT molecular complexity index is 1850. The summed E-state index contributed by atoms with van der Waals surface area (Å²) in [5.41, 5.74) is 26.8. The SMILES string of the molecule is [2H]c1c([2H])c([2H])c(C([2H])([2H])[C@H](CC(=O)[C@@H](CCCN=C(N)N)NC(=O)[C@@H](N)Cc2ccccc2)C(=O)N[C@H](C(N)=O)C([2H])([2H])C([2H])([2H])C([2H])([2H])C([2H])([2H])N)c([2H])c1[2H]. The number of amides is 3. The second-order valence-electron chi connectivity index (χ2n) is 9.06. The third-order valence-corrected chi connectivity index (χ3v) is 5.75. The van der Waals surface area contributed by atoms with Crippen molar-refractivity contribution in [3.05, 3.63) is 71.7 Å². The molecule has 4 atom stereocenters. The van der Waals surface area contributed by atoms with Gasteiger partial charge < -0.3 is 39.3 Å². The van der Waals surface area contributed by atoms with E-state index in [1.54, 1.807) is 35.6 Å². The molecule has 2 rings (SSSR count). The van der Waals surface area contributed by atoms with Gasteiger partial charge >= 0.3 is 0 Å². The van der Waals surface area contributed by atoms with Crippen LogP contribution in [0.5, 0.6) is 0 Å². The quantitative estimate of drug-likeness (QED) is 0.0612. The highest BCUT2D eigenvalue weighted by Crippen LogP contribution is 2.17. The Morgan fingerprint density at radius 2 is 1.58 bits per heavy atom. The zero-order valence-corrected chi connectivity index (χ0v) is 23.2. The molecule has 12 N–H and O–H groups in total. The molecule has 0 radical (unpaired) electrons. The molecule has 3 amide bonds. The maximum atomic E-state index is 14.2. The molecule has 12 nitrogen and oxygen atoms in total. The van der Waals surface area contributed by atoms with Crippen molar-refractivity contribution in [2.75, 3.05) is 13.0 Å². The average molecular weight is 610 g/mol. The number of ketones is 1. The smallest absolute Gasteiger partial charge is 0.239 e. The largest absolute Gasteiger partial charge is 0.370 e. The van der Waals surface area contributed by atoms with Crippen molar-refractivity contribution in [3.63, 3.8) is 0 Å². The first-order valence-electron chi connectivity index (χ1n) is 20.5. The van der Waals surface area contributed by atoms with Gasteiger partial charge in [-0.25, -0.2) is 0 Å². The number of Topliss-reactive ketones (excluding diaryl/α,β-unsaturated/α-hetero) is 1. The Balaban J connectivity index is 2.77. The van der Waals surface area contributed by atoms with Crippen LogP contribution in [0.2, 0.25) is 0 Å². The minimum atomic E-state index is -4.09. The van der Waals surface area contributed by atoms with Crippen molar-refractivity contribution in [1.29, 1.82) is 0 Å². The van der Waals surface area contributed by atoms with Crippen LogP contribution in [0.1, 0.15) is 70.1 Å². The van der Waals surface area contributed by atoms with Gasteiger partial charge in [0.1, 0.15) is 6.04 Å². The number of primary amides is 1. The minimum Gasteiger partial charge on any atom is -0.370 e. The molecule has 0 bridgehead atoms. The van der Waals surface area contributed by atoms with Gasteiger partial charge in [-0.2, -0.15) is 0 Å². The Morgan fingerprint density at radius 3 is 2.21 bits per heavy atom. The van der Waals surface area contributed by atoms with Gasteiger partial charge in [-0.3, -0.25) is 24.2 Å². The van der Waals surface area contributed by atoms with Crippen molar-refractivity contribution in [2.24, 2.45) is 39.6 Å². The lowest BCUT2D eigenvalue weighted by atomic mass is 9.89. The van der Waals surface area contributed by atoms with Gasteiger partial charge in [0.05, 0.1) is 18.9 Å². The van der Waals surface area contributed by atoms with Crippen LogP contribution in [0.3, 0.4) is 0 Å². The Kier molecular flexibility index (Phi) is 8.13. The lowest BCUT2D eigenvalue weighted by Crippen LogP contribution is -2.51. The van der Waals surface area contributed by atoms with E-state index in [2.05, 4.69) is 10.3 Å². The van der Waals surface area contributed by atoms with Gasteiger partial charge in [-0.15, -0.1) is 0 Å². The summed E-state index contributed by atoms with van der Waals surface area (Å²) in [5, 5.41) is 4.11. The predicted octanol–water partition coefficient (Wildman–Crippen LogP) is 0.0120. The van der Waals surface area contributed by atoms with Gasteiger partial charge in [0.15, 0.2) is 11.7 Å². The van der Waals surface area contributed by atoms with E-state index in [0.717, 1.165) is 0 Å². The number of hydrogen-bond donors (Lipinski definition) is 7. The number of nitrogens with one attached hydrogen (secondary N) is 2. The van der Waals surface area contributed by atoms with Crippen molar-refractivity contribution >= 4 is 29.5 Å². The normalized spacial score (nSPS) is 20.4. The first-order chi connectivity index (χ1) is 26.4. The number of nitrogens with zero attached hydrogens (tertiary/aromatic N) is 1. The number of carbonyl (C=O) groups excluding carboxylic acids is 4. The van der Waals surface area contributed by atoms with Crippen LogP contribution in [-0.2, 0) is 32.0 Å². The minimum absolute atomic E-state index is 0.00172. The van der Waals surface area contributed by atoms with E-state index in [0.29, 0.717) is 5.56 Å². The summed E-state index contributed by atoms with van der Waals surface area (Å²) in [7, 11) is 0. The zero-order valence-electron chi connectivity index (χ0n) is 38.2. The molecule has 0 spiro atoms. The van der Waals surface area contributed by atoms with Gasteiger partial charge in [0.2, 0.25) is 17.7 Å². The summed E-state index contributed by atoms with van der Waals surface area (Å²) >= 11 is 0. The first-order valence-corrected chi connectivity index (χ1v) is 13.0. The highest BCUT2D eigenvalue weighted by molar-refractivity contribution is 5.94. The lowest BCUT2D eigenvalue weighted by Gasteiger charge is -2.24. The van der Waals surface area contributed by atoms with E-state index in [9.17, 15) is 19.2 Å². The highest BCUT2D eigenvalue weighted by atomic mass is 16.2. The van der Waals surface area contributed by atoms with Crippen LogP contribution < -0.4 is 39.3 Å². The standard InChI is InChI=1S/C31H46N8O4/c32-16-8-7-14-26(28(34)41)39-29(42)23(18-21-10-3-1-4-11-21)20-27(40)25(15-9-17-37-31(35)36)38-30(43)24(33)19-22-12-5-2-6-13-22/h1-6,10-13,23-26H,7-9,14-20,32-33H2,(H2,34,41)(H,38,43)(H,39,42)(H4,35,36,37)/t23-,24+,25-,26+/m1/s1/i1D,3D,4D,7D2,8D2,10D,11D,14D2,16D2,18D2. The molecule has 12 heteroatoms. The van der Waals surface area contributed by atoms with E-state index in [1.807, 2.05) is 0 Å². The van der Waals surface area contributed by atoms with Crippen LogP contribution in [0, 0.1) is 5.92 Å². The van der Waals surface area contributed by atoms with E-state index < -0.39 is 122 Å². The summed E-state index contributed by atoms with van der Waals surface area (Å²) in [6.07, 6.45) is -17.1. The van der Waals surface area contributed by atoms with E-state index in [4.69, 9.17) is 49.2 Å². The molecule has 43 heavy (non-hydrogen) atoms. The van der Waals surface area contributed by atoms with Crippen molar-refractivity contribution in [1.82, 2.24) is 10.6 Å². The molecule has 2 aromatic rings. The summed E-state index contributed by atoms with van der Waals surface area (Å²) in [4.78, 5) is 58.1. The Labute approximate surface area is 274 Å². The number of aliphatic imine (C=N–C) groups is 1. The molecule has 0 aromatic heterocycles. The highest BCUT2D eigenvalue weighted by Gasteiger charge is 2.30. The van der Waals surface area contributed by atoms with Crippen LogP contribution in [0.25, 0.3) is 0 Å². The Hall–Kier alpha value is -4.29. The van der Waals surface area contributed by atoms with Crippen molar-refractivity contribution < 1.29 is 39.7 Å². The number of benzene rings is 2. The van der Waals surface area contributed by atoms with Crippen LogP contribution in [-0.4, -0.2) is 60.6 Å². The maximum absolute atomic E-state index is 14.2. The molecule has 0 unspecified atom stereocenters. The number of nitrogens with two attached hydrogens (primary N) is 5. The maximum Gasteiger partial charge on any atom is 0.239 e. The molecule has 0 saturated heterocycles. The van der Waals surface area contributed by atoms with E-state index >= 15 is 0 Å². The zero-order chi connectivity index (χ0) is 44.9. The van der Waals surface area contributed by atoms with Crippen LogP contribution >= 0.6 is 0 Å². The van der Waals surface area contributed by atoms with Crippen LogP contribution in [0.4, 0.5) is 0 Å². The molecule has 234 valence electrons. The first kappa shape index (κ1) is 18.4. The fourth-order valence-electron chi connectivity index (χ4n) is 3.67. The average Bonchev–Trinajstić information content (AvgIpc) is 3.11. The fourth-order valence-corrected chi connectivity index (χ4v) is 3.67. The molecule has 0 saturated carbocycles. The van der Waals surface area contributed by atoms with E-state index in [1.165, 1.54) is 0 Å². The number of carbonyl (C=O) groups is 4. The third kappa shape index (κ3) is 13.5. The Morgan fingerprint density at radius 1 is 0.907 bits per heavy atom. The molecule has 0 aliphatic heterocycles. The molecular formula is C31H46N8O4. The fraction of sp³-hybridized carbons (Fsp3) is 0.452. The van der Waals surface area contributed by atoms with Crippen molar-refractivity contribution in [3.8, 4) is 0 Å². The van der Waals surface area contributed by atoms with Crippen LogP contribution in [0.15, 0.2) is 65.5 Å². The molecular weight excluding hydrogens is 548 g/mol. The number of guanidine groups is 1. The summed E-state index contributed by atoms with van der Waals surface area (Å²) in [6.45, 7) is -3.69. The number of hydrogen-bond acceptors (Lipinski definition) is 7. The predicted molar refractivity (Wildman–Crippen MR) is 167 cm³/mol. The van der Waals surface area contributed by atoms with Gasteiger partial charge in [0, 0.05) is 32.6 Å². The van der Waals surface area contributed by atoms with E-state index in [-0.39, 0.29) is 31.8 Å². The topological polar surface area (TPSA) is 235 Å². The summed E-state index contributed by atoms with van der Waals surface area (Å²) in [5.74, 6) is -8.65. The lowest BCUT2D eigenvalue weighted by molar-refractivity contribution is -0.133. The van der Waals surface area contributed by atoms with Gasteiger partial charge in [-0.05, 0) is 62.4 Å². The third-order valence-electron chi connectivity index (χ3n) is 5.75.